The van der Waals surface area contributed by atoms with Crippen LogP contribution in [0.4, 0.5) is 0 Å². The summed E-state index contributed by atoms with van der Waals surface area (Å²) in [7, 11) is 0. The van der Waals surface area contributed by atoms with Gasteiger partial charge in [-0.2, -0.15) is 0 Å². The minimum Gasteiger partial charge on any atom is -0.393 e. The Morgan fingerprint density at radius 2 is 1.75 bits per heavy atom. The van der Waals surface area contributed by atoms with Crippen molar-refractivity contribution in [2.75, 3.05) is 6.54 Å². The summed E-state index contributed by atoms with van der Waals surface area (Å²) in [6.07, 6.45) is 1.25. The molecule has 0 aliphatic carbocycles. The molecular weight excluding hydrogens is 154 g/mol. The highest BCUT2D eigenvalue weighted by molar-refractivity contribution is 4.66. The van der Waals surface area contributed by atoms with Crippen LogP contribution >= 0.6 is 0 Å². The van der Waals surface area contributed by atoms with Crippen LogP contribution in [0.15, 0.2) is 0 Å². The second-order valence-corrected chi connectivity index (χ2v) is 3.47. The van der Waals surface area contributed by atoms with Crippen LogP contribution in [0.25, 0.3) is 0 Å². The van der Waals surface area contributed by atoms with Crippen LogP contribution in [0.3, 0.4) is 0 Å². The number of aliphatic hydroxyl groups excluding tert-OH is 2. The third-order valence-corrected chi connectivity index (χ3v) is 1.99. The van der Waals surface area contributed by atoms with Crippen molar-refractivity contribution >= 4 is 0 Å². The van der Waals surface area contributed by atoms with E-state index >= 15 is 0 Å². The predicted octanol–water partition coefficient (Wildman–Crippen LogP) is 0.506. The van der Waals surface area contributed by atoms with E-state index in [-0.39, 0.29) is 18.2 Å². The van der Waals surface area contributed by atoms with Gasteiger partial charge in [0.25, 0.3) is 0 Å². The Morgan fingerprint density at radius 3 is 2.17 bits per heavy atom. The van der Waals surface area contributed by atoms with Gasteiger partial charge >= 0.3 is 0 Å². The molecule has 3 heteroatoms. The first-order chi connectivity index (χ1) is 5.54. The van der Waals surface area contributed by atoms with Crippen molar-refractivity contribution in [3.8, 4) is 0 Å². The van der Waals surface area contributed by atoms with E-state index < -0.39 is 0 Å². The minimum atomic E-state index is -0.309. The standard InChI is InChI=1S/C9H21NO2/c1-7(11)5-4-6-10-8(2)9(3)12/h7-12H,4-6H2,1-3H3. The molecule has 0 rings (SSSR count). The third-order valence-electron chi connectivity index (χ3n) is 1.99. The number of hydrogen-bond acceptors (Lipinski definition) is 3. The summed E-state index contributed by atoms with van der Waals surface area (Å²) < 4.78 is 0. The van der Waals surface area contributed by atoms with Gasteiger partial charge in [0.2, 0.25) is 0 Å². The van der Waals surface area contributed by atoms with Gasteiger partial charge in [0, 0.05) is 6.04 Å². The molecule has 0 amide bonds. The summed E-state index contributed by atoms with van der Waals surface area (Å²) in [5.74, 6) is 0. The van der Waals surface area contributed by atoms with Crippen molar-refractivity contribution in [1.29, 1.82) is 0 Å². The van der Waals surface area contributed by atoms with E-state index in [4.69, 9.17) is 10.2 Å². The first kappa shape index (κ1) is 11.9. The first-order valence-electron chi connectivity index (χ1n) is 4.63. The van der Waals surface area contributed by atoms with E-state index in [1.165, 1.54) is 0 Å². The van der Waals surface area contributed by atoms with E-state index in [0.29, 0.717) is 0 Å². The Labute approximate surface area is 74.8 Å². The van der Waals surface area contributed by atoms with Gasteiger partial charge in [0.1, 0.15) is 0 Å². The molecule has 0 aromatic heterocycles. The quantitative estimate of drug-likeness (QED) is 0.515. The van der Waals surface area contributed by atoms with Crippen molar-refractivity contribution < 1.29 is 10.2 Å². The maximum Gasteiger partial charge on any atom is 0.0662 e. The summed E-state index contributed by atoms with van der Waals surface area (Å²) >= 11 is 0. The zero-order valence-corrected chi connectivity index (χ0v) is 8.25. The lowest BCUT2D eigenvalue weighted by molar-refractivity contribution is 0.149. The molecule has 0 radical (unpaired) electrons. The molecule has 0 fully saturated rings. The number of hydrogen-bond donors (Lipinski definition) is 3. The second kappa shape index (κ2) is 6.40. The topological polar surface area (TPSA) is 52.5 Å². The summed E-state index contributed by atoms with van der Waals surface area (Å²) in [6.45, 7) is 6.37. The van der Waals surface area contributed by atoms with Crippen LogP contribution in [-0.2, 0) is 0 Å². The lowest BCUT2D eigenvalue weighted by Gasteiger charge is -2.16. The van der Waals surface area contributed by atoms with Gasteiger partial charge in [-0.25, -0.2) is 0 Å². The molecule has 0 saturated heterocycles. The average molecular weight is 175 g/mol. The van der Waals surface area contributed by atoms with Crippen LogP contribution in [0.5, 0.6) is 0 Å². The van der Waals surface area contributed by atoms with Gasteiger partial charge in [-0.15, -0.1) is 0 Å². The monoisotopic (exact) mass is 175 g/mol. The van der Waals surface area contributed by atoms with Crippen LogP contribution in [0, 0.1) is 0 Å². The van der Waals surface area contributed by atoms with Gasteiger partial charge in [-0.05, 0) is 40.2 Å². The van der Waals surface area contributed by atoms with Crippen LogP contribution in [0.1, 0.15) is 33.6 Å². The van der Waals surface area contributed by atoms with Gasteiger partial charge in [-0.1, -0.05) is 0 Å². The Morgan fingerprint density at radius 1 is 1.17 bits per heavy atom. The lowest BCUT2D eigenvalue weighted by Crippen LogP contribution is -2.36. The molecule has 3 atom stereocenters. The van der Waals surface area contributed by atoms with Gasteiger partial charge in [-0.3, -0.25) is 0 Å². The maximum absolute atomic E-state index is 9.12. The van der Waals surface area contributed by atoms with Gasteiger partial charge < -0.3 is 15.5 Å². The molecule has 0 aliphatic heterocycles. The first-order valence-corrected chi connectivity index (χ1v) is 4.63. The predicted molar refractivity (Wildman–Crippen MR) is 50.1 cm³/mol. The molecule has 0 heterocycles. The normalized spacial score (nSPS) is 18.8. The van der Waals surface area contributed by atoms with E-state index in [1.807, 2.05) is 6.92 Å². The Bertz CT molecular complexity index is 105. The molecule has 3 N–H and O–H groups in total. The molecule has 0 aromatic carbocycles. The largest absolute Gasteiger partial charge is 0.393 e. The van der Waals surface area contributed by atoms with E-state index in [9.17, 15) is 0 Å². The SMILES string of the molecule is CC(O)CCCNC(C)C(C)O. The highest BCUT2D eigenvalue weighted by Crippen LogP contribution is 1.95. The molecule has 3 unspecified atom stereocenters. The average Bonchev–Trinajstić information content (AvgIpc) is 1.97. The number of aliphatic hydroxyl groups is 2. The Kier molecular flexibility index (Phi) is 6.34. The zero-order valence-electron chi connectivity index (χ0n) is 8.25. The Balaban J connectivity index is 3.20. The molecule has 3 nitrogen and oxygen atoms in total. The summed E-state index contributed by atoms with van der Waals surface area (Å²) in [5.41, 5.74) is 0. The lowest BCUT2D eigenvalue weighted by atomic mass is 10.2. The summed E-state index contributed by atoms with van der Waals surface area (Å²) in [5, 5.41) is 21.2. The van der Waals surface area contributed by atoms with Crippen molar-refractivity contribution in [2.45, 2.75) is 51.9 Å². The zero-order chi connectivity index (χ0) is 9.56. The van der Waals surface area contributed by atoms with Crippen LogP contribution in [-0.4, -0.2) is 35.0 Å². The molecular formula is C9H21NO2. The molecule has 0 aliphatic rings. The summed E-state index contributed by atoms with van der Waals surface area (Å²) in [4.78, 5) is 0. The van der Waals surface area contributed by atoms with Gasteiger partial charge in [0.15, 0.2) is 0 Å². The highest BCUT2D eigenvalue weighted by atomic mass is 16.3. The molecule has 0 aromatic rings. The highest BCUT2D eigenvalue weighted by Gasteiger charge is 2.06. The fourth-order valence-electron chi connectivity index (χ4n) is 0.898. The molecule has 12 heavy (non-hydrogen) atoms. The van der Waals surface area contributed by atoms with Crippen LogP contribution < -0.4 is 5.32 Å². The van der Waals surface area contributed by atoms with Crippen molar-refractivity contribution in [1.82, 2.24) is 5.32 Å². The minimum absolute atomic E-state index is 0.138. The molecule has 0 saturated carbocycles. The van der Waals surface area contributed by atoms with Crippen molar-refractivity contribution in [2.24, 2.45) is 0 Å². The maximum atomic E-state index is 9.12. The fraction of sp³-hybridized carbons (Fsp3) is 1.00. The van der Waals surface area contributed by atoms with E-state index in [2.05, 4.69) is 5.32 Å². The fourth-order valence-corrected chi connectivity index (χ4v) is 0.898. The smallest absolute Gasteiger partial charge is 0.0662 e. The van der Waals surface area contributed by atoms with Crippen molar-refractivity contribution in [3.05, 3.63) is 0 Å². The van der Waals surface area contributed by atoms with E-state index in [0.717, 1.165) is 19.4 Å². The summed E-state index contributed by atoms with van der Waals surface area (Å²) in [6, 6.07) is 0.138. The number of nitrogens with one attached hydrogen (secondary N) is 1. The molecule has 0 bridgehead atoms. The second-order valence-electron chi connectivity index (χ2n) is 3.47. The molecule has 0 spiro atoms. The van der Waals surface area contributed by atoms with Crippen LogP contribution in [0.2, 0.25) is 0 Å². The van der Waals surface area contributed by atoms with Crippen molar-refractivity contribution in [3.63, 3.8) is 0 Å². The third kappa shape index (κ3) is 6.58. The van der Waals surface area contributed by atoms with Gasteiger partial charge in [0.05, 0.1) is 12.2 Å². The molecule has 74 valence electrons. The van der Waals surface area contributed by atoms with E-state index in [1.54, 1.807) is 13.8 Å². The number of rotatable bonds is 6. The Hall–Kier alpha value is -0.120.